The second-order valence-corrected chi connectivity index (χ2v) is 14.9. The number of aliphatic carboxylic acids is 2. The van der Waals surface area contributed by atoms with Crippen LogP contribution >= 0.6 is 11.6 Å². The van der Waals surface area contributed by atoms with E-state index in [0.29, 0.717) is 42.3 Å². The molecule has 1 aromatic heterocycles. The van der Waals surface area contributed by atoms with Crippen molar-refractivity contribution in [2.45, 2.75) is 70.9 Å². The summed E-state index contributed by atoms with van der Waals surface area (Å²) in [6.45, 7) is 7.16. The number of likely N-dealkylation sites (tertiary alicyclic amines) is 1. The predicted molar refractivity (Wildman–Crippen MR) is 213 cm³/mol. The molecular weight excluding hydrogens is 756 g/mol. The van der Waals surface area contributed by atoms with Gasteiger partial charge in [0.2, 0.25) is 5.91 Å². The van der Waals surface area contributed by atoms with Crippen LogP contribution in [-0.4, -0.2) is 92.1 Å². The van der Waals surface area contributed by atoms with Gasteiger partial charge in [-0.15, -0.1) is 0 Å². The van der Waals surface area contributed by atoms with Gasteiger partial charge in [0.25, 0.3) is 0 Å². The van der Waals surface area contributed by atoms with Crippen LogP contribution in [-0.2, 0) is 29.3 Å². The Morgan fingerprint density at radius 2 is 1.60 bits per heavy atom. The fraction of sp³-hybridized carbons (Fsp3) is 0.381. The first-order valence-electron chi connectivity index (χ1n) is 18.5. The first kappa shape index (κ1) is 42.9. The Labute approximate surface area is 336 Å². The number of piperidine rings is 1. The highest BCUT2D eigenvalue weighted by Gasteiger charge is 2.39. The maximum atomic E-state index is 11.8. The number of aliphatic hydroxyl groups is 2. The van der Waals surface area contributed by atoms with Crippen LogP contribution in [0.3, 0.4) is 0 Å². The number of carbonyl (C=O) groups excluding carboxylic acids is 1. The Hall–Kier alpha value is -5.25. The van der Waals surface area contributed by atoms with Gasteiger partial charge in [-0.25, -0.2) is 4.79 Å². The Morgan fingerprint density at radius 1 is 0.912 bits per heavy atom. The molecule has 0 unspecified atom stereocenters. The number of hydrogen-bond donors (Lipinski definition) is 6. The summed E-state index contributed by atoms with van der Waals surface area (Å²) in [4.78, 5) is 41.1. The van der Waals surface area contributed by atoms with Gasteiger partial charge < -0.3 is 45.3 Å². The summed E-state index contributed by atoms with van der Waals surface area (Å²) >= 11 is 6.73. The number of carbonyl (C=O) groups is 3. The monoisotopic (exact) mass is 804 g/mol. The number of hydrogen-bond acceptors (Lipinski definition) is 11. The lowest BCUT2D eigenvalue weighted by molar-refractivity contribution is -0.163. The third-order valence-corrected chi connectivity index (χ3v) is 10.7. The third kappa shape index (κ3) is 10.6. The molecule has 57 heavy (non-hydrogen) atoms. The van der Waals surface area contributed by atoms with E-state index in [-0.39, 0.29) is 43.2 Å². The van der Waals surface area contributed by atoms with Crippen molar-refractivity contribution in [1.82, 2.24) is 15.2 Å². The molecule has 5 rings (SSSR count). The number of nitrogens with zero attached hydrogens (tertiary/aromatic N) is 2. The van der Waals surface area contributed by atoms with Crippen LogP contribution in [0.25, 0.3) is 11.1 Å². The largest absolute Gasteiger partial charge is 0.493 e. The lowest BCUT2D eigenvalue weighted by Crippen LogP contribution is -2.52. The molecule has 7 N–H and O–H groups in total. The Balaban J connectivity index is 1.28. The van der Waals surface area contributed by atoms with E-state index in [9.17, 15) is 34.8 Å². The Kier molecular flexibility index (Phi) is 14.1. The van der Waals surface area contributed by atoms with Gasteiger partial charge in [-0.1, -0.05) is 41.9 Å². The number of halogens is 1. The second kappa shape index (κ2) is 18.8. The van der Waals surface area contributed by atoms with Crippen LogP contribution in [0.1, 0.15) is 64.4 Å². The number of aromatic nitrogens is 1. The number of nitrogens with one attached hydrogen (secondary N) is 1. The van der Waals surface area contributed by atoms with E-state index in [1.54, 1.807) is 18.2 Å². The highest BCUT2D eigenvalue weighted by molar-refractivity contribution is 6.32. The molecule has 1 atom stereocenters. The summed E-state index contributed by atoms with van der Waals surface area (Å²) in [6.07, 6.45) is 4.05. The summed E-state index contributed by atoms with van der Waals surface area (Å²) in [7, 11) is 0. The number of benzene rings is 3. The van der Waals surface area contributed by atoms with E-state index in [4.69, 9.17) is 31.5 Å². The molecule has 1 aliphatic rings. The van der Waals surface area contributed by atoms with Crippen LogP contribution in [0.5, 0.6) is 17.2 Å². The molecule has 1 amide bonds. The zero-order valence-electron chi connectivity index (χ0n) is 32.2. The molecule has 1 aliphatic heterocycles. The van der Waals surface area contributed by atoms with Crippen LogP contribution in [0.15, 0.2) is 67.0 Å². The van der Waals surface area contributed by atoms with Gasteiger partial charge in [0.1, 0.15) is 36.0 Å². The summed E-state index contributed by atoms with van der Waals surface area (Å²) in [5.41, 5.74) is 8.35. The molecule has 1 saturated heterocycles. The fourth-order valence-electron chi connectivity index (χ4n) is 6.49. The van der Waals surface area contributed by atoms with Gasteiger partial charge >= 0.3 is 11.9 Å². The van der Waals surface area contributed by atoms with Crippen LogP contribution in [0.2, 0.25) is 5.02 Å². The molecule has 4 aromatic rings. The van der Waals surface area contributed by atoms with Crippen molar-refractivity contribution in [2.24, 2.45) is 5.73 Å². The predicted octanol–water partition coefficient (Wildman–Crippen LogP) is 4.88. The van der Waals surface area contributed by atoms with Crippen molar-refractivity contribution in [3.8, 4) is 28.4 Å². The van der Waals surface area contributed by atoms with Crippen molar-refractivity contribution in [2.75, 3.05) is 32.8 Å². The van der Waals surface area contributed by atoms with E-state index < -0.39 is 35.6 Å². The van der Waals surface area contributed by atoms with E-state index >= 15 is 0 Å². The average Bonchev–Trinajstić information content (AvgIpc) is 3.19. The van der Waals surface area contributed by atoms with E-state index in [2.05, 4.69) is 15.2 Å². The lowest BCUT2D eigenvalue weighted by atomic mass is 9.91. The standard InChI is InChI=1S/C42H49ClN4O10/c1-26-29(7-4-8-32(26)33-9-5-10-35(27(33)2)55-16-6-13-47-14-11-42(54,12-15-47)40(52)53)24-57-37-19-36(56-23-28-17-31(38(44)49)21-45-20-28)30(18-34(37)43)22-46-41(3,25-48)39(50)51/h4-5,7-10,17-21,46,48,54H,6,11-16,22-25H2,1-3H3,(H2,44,49)(H,50,51)(H,52,53)/t41-/m1/s1. The molecule has 2 heterocycles. The minimum atomic E-state index is -1.64. The molecule has 0 bridgehead atoms. The second-order valence-electron chi connectivity index (χ2n) is 14.5. The zero-order valence-corrected chi connectivity index (χ0v) is 33.0. The average molecular weight is 805 g/mol. The quantitative estimate of drug-likeness (QED) is 0.0699. The molecule has 15 heteroatoms. The number of carboxylic acid groups (broad SMARTS) is 2. The fourth-order valence-corrected chi connectivity index (χ4v) is 6.73. The van der Waals surface area contributed by atoms with E-state index in [1.165, 1.54) is 19.3 Å². The Bertz CT molecular complexity index is 2090. The number of rotatable bonds is 19. The molecule has 0 aliphatic carbocycles. The van der Waals surface area contributed by atoms with Crippen LogP contribution in [0, 0.1) is 13.8 Å². The molecular formula is C42H49ClN4O10. The number of ether oxygens (including phenoxy) is 3. The van der Waals surface area contributed by atoms with Gasteiger partial charge in [0.05, 0.1) is 23.8 Å². The van der Waals surface area contributed by atoms with Gasteiger partial charge in [-0.3, -0.25) is 19.9 Å². The van der Waals surface area contributed by atoms with E-state index in [1.807, 2.05) is 50.2 Å². The molecule has 0 radical (unpaired) electrons. The number of primary amides is 1. The molecule has 0 spiro atoms. The SMILES string of the molecule is Cc1c(COc2cc(OCc3cncc(C(N)=O)c3)c(CN[C@](C)(CO)C(=O)O)cc2Cl)cccc1-c1cccc(OCCCN2CCC(O)(C(=O)O)CC2)c1C. The molecule has 304 valence electrons. The maximum Gasteiger partial charge on any atom is 0.335 e. The van der Waals surface area contributed by atoms with Gasteiger partial charge in [0, 0.05) is 55.8 Å². The number of carboxylic acids is 2. The minimum Gasteiger partial charge on any atom is -0.493 e. The number of aliphatic hydroxyl groups excluding tert-OH is 1. The number of amides is 1. The first-order valence-corrected chi connectivity index (χ1v) is 18.9. The summed E-state index contributed by atoms with van der Waals surface area (Å²) < 4.78 is 18.6. The minimum absolute atomic E-state index is 0.0000839. The molecule has 0 saturated carbocycles. The Morgan fingerprint density at radius 3 is 2.26 bits per heavy atom. The van der Waals surface area contributed by atoms with Crippen molar-refractivity contribution < 1.29 is 49.0 Å². The molecule has 3 aromatic carbocycles. The summed E-state index contributed by atoms with van der Waals surface area (Å²) in [6, 6.07) is 16.7. The maximum absolute atomic E-state index is 11.8. The van der Waals surface area contributed by atoms with E-state index in [0.717, 1.165) is 46.5 Å². The number of nitrogens with two attached hydrogens (primary N) is 1. The summed E-state index contributed by atoms with van der Waals surface area (Å²) in [5.74, 6) is -1.61. The van der Waals surface area contributed by atoms with Gasteiger partial charge in [-0.05, 0) is 86.1 Å². The smallest absolute Gasteiger partial charge is 0.335 e. The highest BCUT2D eigenvalue weighted by Crippen LogP contribution is 2.36. The van der Waals surface area contributed by atoms with Gasteiger partial charge in [0.15, 0.2) is 5.60 Å². The molecule has 14 nitrogen and oxygen atoms in total. The lowest BCUT2D eigenvalue weighted by Gasteiger charge is -2.35. The number of pyridine rings is 1. The topological polar surface area (TPSA) is 214 Å². The van der Waals surface area contributed by atoms with Crippen molar-refractivity contribution in [1.29, 1.82) is 0 Å². The normalized spacial score (nSPS) is 15.1. The first-order chi connectivity index (χ1) is 27.1. The van der Waals surface area contributed by atoms with Crippen molar-refractivity contribution in [3.05, 3.63) is 105 Å². The molecule has 1 fully saturated rings. The summed E-state index contributed by atoms with van der Waals surface area (Å²) in [5, 5.41) is 42.0. The van der Waals surface area contributed by atoms with Crippen LogP contribution < -0.4 is 25.3 Å². The van der Waals surface area contributed by atoms with Crippen molar-refractivity contribution in [3.63, 3.8) is 0 Å². The van der Waals surface area contributed by atoms with Crippen molar-refractivity contribution >= 4 is 29.4 Å². The third-order valence-electron chi connectivity index (χ3n) is 10.4. The zero-order chi connectivity index (χ0) is 41.3. The van der Waals surface area contributed by atoms with Crippen LogP contribution in [0.4, 0.5) is 0 Å². The highest BCUT2D eigenvalue weighted by atomic mass is 35.5. The van der Waals surface area contributed by atoms with Gasteiger partial charge in [-0.2, -0.15) is 0 Å².